The number of hydrogen-bond donors (Lipinski definition) is 3. The van der Waals surface area contributed by atoms with Gasteiger partial charge >= 0.3 is 5.97 Å². The molecule has 2 rings (SSSR count). The number of benzene rings is 1. The largest absolute Gasteiger partial charge is 0.482 e. The van der Waals surface area contributed by atoms with E-state index >= 15 is 0 Å². The molecule has 0 amide bonds. The number of nitrogens with zero attached hydrogens (tertiary/aromatic N) is 2. The van der Waals surface area contributed by atoms with Crippen LogP contribution in [0.1, 0.15) is 19.4 Å². The molecule has 0 fully saturated rings. The van der Waals surface area contributed by atoms with Crippen LogP contribution >= 0.6 is 0 Å². The van der Waals surface area contributed by atoms with E-state index in [0.29, 0.717) is 18.7 Å². The summed E-state index contributed by atoms with van der Waals surface area (Å²) in [4.78, 5) is 16.6. The maximum Gasteiger partial charge on any atom is 0.341 e. The summed E-state index contributed by atoms with van der Waals surface area (Å²) in [6.07, 6.45) is 1.14. The molecule has 1 aromatic heterocycles. The number of hydrazine groups is 1. The van der Waals surface area contributed by atoms with Gasteiger partial charge in [-0.25, -0.2) is 26.6 Å². The molecular weight excluding hydrogens is 448 g/mol. The maximum atomic E-state index is 12.5. The highest BCUT2D eigenvalue weighted by Gasteiger charge is 2.22. The van der Waals surface area contributed by atoms with Gasteiger partial charge in [0, 0.05) is 19.3 Å². The van der Waals surface area contributed by atoms with E-state index in [1.54, 1.807) is 20.8 Å². The smallest absolute Gasteiger partial charge is 0.341 e. The van der Waals surface area contributed by atoms with E-state index in [1.165, 1.54) is 34.6 Å². The van der Waals surface area contributed by atoms with Crippen LogP contribution in [0.2, 0.25) is 0 Å². The fourth-order valence-electron chi connectivity index (χ4n) is 2.59. The number of pyridine rings is 1. The van der Waals surface area contributed by atoms with E-state index in [-0.39, 0.29) is 21.4 Å². The molecule has 0 saturated heterocycles. The van der Waals surface area contributed by atoms with Crippen molar-refractivity contribution in [2.75, 3.05) is 25.1 Å². The Hall–Kier alpha value is -2.74. The van der Waals surface area contributed by atoms with Crippen LogP contribution < -0.4 is 15.0 Å². The first-order valence-corrected chi connectivity index (χ1v) is 12.1. The van der Waals surface area contributed by atoms with Crippen LogP contribution in [-0.2, 0) is 24.8 Å². The zero-order chi connectivity index (χ0) is 23.2. The number of aliphatic carboxylic acids is 1. The van der Waals surface area contributed by atoms with Crippen LogP contribution in [0.4, 0.5) is 5.82 Å². The van der Waals surface area contributed by atoms with Gasteiger partial charge in [-0.15, -0.1) is 4.83 Å². The summed E-state index contributed by atoms with van der Waals surface area (Å²) in [6.45, 7) is 5.13. The average Bonchev–Trinajstić information content (AvgIpc) is 2.72. The Morgan fingerprint density at radius 2 is 1.74 bits per heavy atom. The summed E-state index contributed by atoms with van der Waals surface area (Å²) in [7, 11) is -7.66. The van der Waals surface area contributed by atoms with Gasteiger partial charge in [-0.1, -0.05) is 13.8 Å². The number of aryl methyl sites for hydroxylation is 1. The van der Waals surface area contributed by atoms with Gasteiger partial charge < -0.3 is 9.84 Å². The molecular formula is C18H24N4O7S2. The van der Waals surface area contributed by atoms with Crippen molar-refractivity contribution in [1.29, 1.82) is 0 Å². The lowest BCUT2D eigenvalue weighted by Gasteiger charge is -2.18. The molecule has 11 nitrogen and oxygen atoms in total. The van der Waals surface area contributed by atoms with E-state index in [4.69, 9.17) is 9.84 Å². The lowest BCUT2D eigenvalue weighted by molar-refractivity contribution is -0.139. The minimum Gasteiger partial charge on any atom is -0.482 e. The molecule has 0 aliphatic heterocycles. The maximum absolute atomic E-state index is 12.5. The number of sulfonamides is 2. The minimum absolute atomic E-state index is 0.00261. The van der Waals surface area contributed by atoms with Crippen molar-refractivity contribution in [3.63, 3.8) is 0 Å². The second-order valence-corrected chi connectivity index (χ2v) is 9.93. The molecule has 0 aliphatic rings. The van der Waals surface area contributed by atoms with Gasteiger partial charge in [-0.3, -0.25) is 5.43 Å². The van der Waals surface area contributed by atoms with Crippen LogP contribution in [0.3, 0.4) is 0 Å². The second-order valence-electron chi connectivity index (χ2n) is 6.31. The molecule has 0 atom stereocenters. The lowest BCUT2D eigenvalue weighted by atomic mass is 10.2. The zero-order valence-corrected chi connectivity index (χ0v) is 18.8. The molecule has 0 bridgehead atoms. The summed E-state index contributed by atoms with van der Waals surface area (Å²) in [5.74, 6) is -0.799. The molecule has 170 valence electrons. The van der Waals surface area contributed by atoms with E-state index in [2.05, 4.69) is 15.2 Å². The third-order valence-corrected chi connectivity index (χ3v) is 7.48. The SMILES string of the molecule is CCN(CC)S(=O)(=O)c1ccc(NNS(=O)(=O)c2ccc(OCC(=O)O)c(C)c2)nc1. The Labute approximate surface area is 181 Å². The highest BCUT2D eigenvalue weighted by molar-refractivity contribution is 7.89. The van der Waals surface area contributed by atoms with Crippen LogP contribution in [0, 0.1) is 6.92 Å². The first kappa shape index (κ1) is 24.5. The van der Waals surface area contributed by atoms with Crippen molar-refractivity contribution < 1.29 is 31.5 Å². The molecule has 0 spiro atoms. The highest BCUT2D eigenvalue weighted by Crippen LogP contribution is 2.22. The van der Waals surface area contributed by atoms with Crippen LogP contribution in [0.25, 0.3) is 0 Å². The normalized spacial score (nSPS) is 12.0. The monoisotopic (exact) mass is 472 g/mol. The third kappa shape index (κ3) is 6.13. The molecule has 0 radical (unpaired) electrons. The molecule has 1 aromatic carbocycles. The Kier molecular flexibility index (Phi) is 7.95. The summed E-state index contributed by atoms with van der Waals surface area (Å²) in [5.41, 5.74) is 2.87. The van der Waals surface area contributed by atoms with Crippen molar-refractivity contribution in [1.82, 2.24) is 14.1 Å². The van der Waals surface area contributed by atoms with Gasteiger partial charge in [0.1, 0.15) is 16.5 Å². The highest BCUT2D eigenvalue weighted by atomic mass is 32.2. The van der Waals surface area contributed by atoms with Crippen molar-refractivity contribution in [2.45, 2.75) is 30.6 Å². The molecule has 13 heteroatoms. The van der Waals surface area contributed by atoms with E-state index in [1.807, 2.05) is 0 Å². The fraction of sp³-hybridized carbons (Fsp3) is 0.333. The standard InChI is InChI=1S/C18H24N4O7S2/c1-4-22(5-2)31(27,28)15-7-9-17(19-11-15)20-21-30(25,26)14-6-8-16(13(3)10-14)29-12-18(23)24/h6-11,21H,4-5,12H2,1-3H3,(H,19,20)(H,23,24). The van der Waals surface area contributed by atoms with Gasteiger partial charge in [0.2, 0.25) is 10.0 Å². The number of ether oxygens (including phenoxy) is 1. The predicted octanol–water partition coefficient (Wildman–Crippen LogP) is 1.19. The molecule has 2 aromatic rings. The number of rotatable bonds is 11. The number of nitrogens with one attached hydrogen (secondary N) is 2. The topological polar surface area (TPSA) is 155 Å². The van der Waals surface area contributed by atoms with E-state index in [9.17, 15) is 21.6 Å². The molecule has 1 heterocycles. The molecule has 0 saturated carbocycles. The molecule has 0 aliphatic carbocycles. The average molecular weight is 473 g/mol. The van der Waals surface area contributed by atoms with Crippen molar-refractivity contribution in [3.05, 3.63) is 42.1 Å². The Morgan fingerprint density at radius 3 is 2.26 bits per heavy atom. The number of hydrogen-bond acceptors (Lipinski definition) is 8. The summed E-state index contributed by atoms with van der Waals surface area (Å²) in [5, 5.41) is 8.66. The van der Waals surface area contributed by atoms with E-state index < -0.39 is 32.6 Å². The lowest BCUT2D eigenvalue weighted by Crippen LogP contribution is -2.31. The quantitative estimate of drug-likeness (QED) is 0.409. The molecule has 3 N–H and O–H groups in total. The Morgan fingerprint density at radius 1 is 1.10 bits per heavy atom. The number of carboxylic acid groups (broad SMARTS) is 1. The summed E-state index contributed by atoms with van der Waals surface area (Å²) in [6, 6.07) is 6.62. The Bertz CT molecular complexity index is 1130. The van der Waals surface area contributed by atoms with Crippen molar-refractivity contribution in [2.24, 2.45) is 0 Å². The van der Waals surface area contributed by atoms with Gasteiger partial charge in [-0.2, -0.15) is 4.31 Å². The summed E-state index contributed by atoms with van der Waals surface area (Å²) >= 11 is 0. The molecule has 31 heavy (non-hydrogen) atoms. The second kappa shape index (κ2) is 10.0. The van der Waals surface area contributed by atoms with Crippen LogP contribution in [0.15, 0.2) is 46.3 Å². The van der Waals surface area contributed by atoms with Gasteiger partial charge in [0.15, 0.2) is 6.61 Å². The first-order chi connectivity index (χ1) is 14.5. The fourth-order valence-corrected chi connectivity index (χ4v) is 4.93. The first-order valence-electron chi connectivity index (χ1n) is 9.20. The summed E-state index contributed by atoms with van der Waals surface area (Å²) < 4.78 is 56.3. The Balaban J connectivity index is 2.10. The van der Waals surface area contributed by atoms with Crippen LogP contribution in [-0.4, -0.2) is 56.9 Å². The van der Waals surface area contributed by atoms with Gasteiger partial charge in [0.25, 0.3) is 10.0 Å². The molecule has 0 unspecified atom stereocenters. The minimum atomic E-state index is -3.99. The van der Waals surface area contributed by atoms with Crippen molar-refractivity contribution >= 4 is 31.8 Å². The number of anilines is 1. The van der Waals surface area contributed by atoms with E-state index in [0.717, 1.165) is 6.20 Å². The van der Waals surface area contributed by atoms with Gasteiger partial charge in [-0.05, 0) is 42.8 Å². The van der Waals surface area contributed by atoms with Crippen LogP contribution in [0.5, 0.6) is 5.75 Å². The number of aromatic nitrogens is 1. The third-order valence-electron chi connectivity index (χ3n) is 4.20. The van der Waals surface area contributed by atoms with Crippen molar-refractivity contribution in [3.8, 4) is 5.75 Å². The van der Waals surface area contributed by atoms with Gasteiger partial charge in [0.05, 0.1) is 4.90 Å². The predicted molar refractivity (Wildman–Crippen MR) is 113 cm³/mol. The number of carbonyl (C=O) groups is 1. The zero-order valence-electron chi connectivity index (χ0n) is 17.2. The number of carboxylic acids is 1.